The number of nitrogens with zero attached hydrogens (tertiary/aromatic N) is 2. The maximum absolute atomic E-state index is 15.0. The highest BCUT2D eigenvalue weighted by Crippen LogP contribution is 2.52. The van der Waals surface area contributed by atoms with Crippen LogP contribution in [0.5, 0.6) is 0 Å². The zero-order valence-corrected chi connectivity index (χ0v) is 19.6. The Morgan fingerprint density at radius 2 is 1.20 bits per heavy atom. The van der Waals surface area contributed by atoms with Gasteiger partial charge in [0.05, 0.1) is 16.6 Å². The highest BCUT2D eigenvalue weighted by molar-refractivity contribution is 7.86. The van der Waals surface area contributed by atoms with Crippen LogP contribution in [0.25, 0.3) is 49.5 Å². The van der Waals surface area contributed by atoms with Crippen molar-refractivity contribution in [3.8, 4) is 11.1 Å². The molecule has 1 aliphatic heterocycles. The molecule has 0 atom stereocenters. The first-order valence-corrected chi connectivity index (χ1v) is 13.5. The highest BCUT2D eigenvalue weighted by Gasteiger charge is 2.39. The van der Waals surface area contributed by atoms with Crippen LogP contribution in [-0.4, -0.2) is 9.38 Å². The lowest BCUT2D eigenvalue weighted by Gasteiger charge is -2.17. The third-order valence-corrected chi connectivity index (χ3v) is 10.5. The van der Waals surface area contributed by atoms with E-state index in [-0.39, 0.29) is 0 Å². The van der Waals surface area contributed by atoms with Gasteiger partial charge >= 0.3 is 0 Å². The summed E-state index contributed by atoms with van der Waals surface area (Å²) < 4.78 is 17.3. The Hall–Kier alpha value is -4.20. The Morgan fingerprint density at radius 3 is 1.97 bits per heavy atom. The molecule has 3 nitrogen and oxygen atoms in total. The van der Waals surface area contributed by atoms with Crippen LogP contribution in [0.3, 0.4) is 0 Å². The van der Waals surface area contributed by atoms with Gasteiger partial charge in [-0.05, 0) is 46.8 Å². The average Bonchev–Trinajstić information content (AvgIpc) is 3.44. The van der Waals surface area contributed by atoms with Gasteiger partial charge in [0, 0.05) is 26.7 Å². The van der Waals surface area contributed by atoms with E-state index in [0.29, 0.717) is 0 Å². The number of hydrogen-bond acceptors (Lipinski definition) is 2. The van der Waals surface area contributed by atoms with Crippen LogP contribution < -0.4 is 15.9 Å². The van der Waals surface area contributed by atoms with Crippen LogP contribution in [-0.2, 0) is 4.57 Å². The number of para-hydroxylation sites is 3. The lowest BCUT2D eigenvalue weighted by atomic mass is 10.1. The maximum atomic E-state index is 15.0. The van der Waals surface area contributed by atoms with Gasteiger partial charge in [-0.15, -0.1) is 0 Å². The van der Waals surface area contributed by atoms with E-state index in [1.54, 1.807) is 0 Å². The minimum Gasteiger partial charge on any atom is -0.309 e. The van der Waals surface area contributed by atoms with Crippen molar-refractivity contribution in [3.05, 3.63) is 115 Å². The molecular formula is C31H19N2OP. The van der Waals surface area contributed by atoms with Crippen LogP contribution in [0, 0.1) is 0 Å². The predicted molar refractivity (Wildman–Crippen MR) is 146 cm³/mol. The number of hydrogen-bond donors (Lipinski definition) is 0. The summed E-state index contributed by atoms with van der Waals surface area (Å²) in [6.45, 7) is 0. The molecule has 0 unspecified atom stereocenters. The molecule has 0 bridgehead atoms. The molecule has 1 aliphatic rings. The van der Waals surface area contributed by atoms with E-state index in [4.69, 9.17) is 4.98 Å². The first-order chi connectivity index (χ1) is 17.2. The van der Waals surface area contributed by atoms with Crippen molar-refractivity contribution in [2.24, 2.45) is 0 Å². The summed E-state index contributed by atoms with van der Waals surface area (Å²) >= 11 is 0. The lowest BCUT2D eigenvalue weighted by molar-refractivity contribution is 0.593. The monoisotopic (exact) mass is 466 g/mol. The van der Waals surface area contributed by atoms with Crippen molar-refractivity contribution in [2.75, 3.05) is 0 Å². The molecule has 7 aromatic rings. The Morgan fingerprint density at radius 1 is 0.571 bits per heavy atom. The standard InChI is InChI=1S/C31H19N2OP/c34-35(29-15-7-2-10-22(29)23-11-3-8-16-30(23)35)20-17-18-24-25(19-20)21-9-1-5-13-27(21)33-28-14-6-4-12-26(28)32-31(24)33/h1-19H. The normalized spacial score (nSPS) is 14.1. The van der Waals surface area contributed by atoms with E-state index >= 15 is 4.57 Å². The lowest BCUT2D eigenvalue weighted by Crippen LogP contribution is -2.20. The molecular weight excluding hydrogens is 447 g/mol. The number of aromatic nitrogens is 2. The molecule has 0 spiro atoms. The van der Waals surface area contributed by atoms with Gasteiger partial charge < -0.3 is 4.57 Å². The molecule has 0 fully saturated rings. The molecule has 2 aromatic heterocycles. The zero-order chi connectivity index (χ0) is 23.1. The number of pyridine rings is 1. The summed E-state index contributed by atoms with van der Waals surface area (Å²) in [5, 5.41) is 6.00. The summed E-state index contributed by atoms with van der Waals surface area (Å²) in [4.78, 5) is 5.00. The fraction of sp³-hybridized carbons (Fsp3) is 0. The third kappa shape index (κ3) is 2.36. The SMILES string of the molecule is O=P1(c2ccc3c(c2)c2ccccc2n2c4ccccc4nc32)c2ccccc2-c2ccccc21. The summed E-state index contributed by atoms with van der Waals surface area (Å²) in [6.07, 6.45) is 0. The average molecular weight is 466 g/mol. The molecule has 5 aromatic carbocycles. The van der Waals surface area contributed by atoms with E-state index < -0.39 is 7.14 Å². The first kappa shape index (κ1) is 19.1. The van der Waals surface area contributed by atoms with Crippen molar-refractivity contribution in [3.63, 3.8) is 0 Å². The Kier molecular flexibility index (Phi) is 3.66. The molecule has 0 radical (unpaired) electrons. The Balaban J connectivity index is 1.52. The highest BCUT2D eigenvalue weighted by atomic mass is 31.2. The minimum atomic E-state index is -3.00. The molecule has 4 heteroatoms. The van der Waals surface area contributed by atoms with Gasteiger partial charge in [0.15, 0.2) is 7.14 Å². The van der Waals surface area contributed by atoms with E-state index in [9.17, 15) is 0 Å². The van der Waals surface area contributed by atoms with Gasteiger partial charge in [-0.1, -0.05) is 84.9 Å². The van der Waals surface area contributed by atoms with E-state index in [2.05, 4.69) is 77.2 Å². The minimum absolute atomic E-state index is 0.869. The summed E-state index contributed by atoms with van der Waals surface area (Å²) in [7, 11) is -3.00. The van der Waals surface area contributed by atoms with Crippen LogP contribution >= 0.6 is 7.14 Å². The van der Waals surface area contributed by atoms with Gasteiger partial charge in [-0.2, -0.15) is 0 Å². The number of fused-ring (bicyclic) bond motifs is 11. The second kappa shape index (κ2) is 6.69. The van der Waals surface area contributed by atoms with Crippen molar-refractivity contribution in [1.82, 2.24) is 9.38 Å². The Labute approximate surface area is 201 Å². The number of benzene rings is 5. The number of imidazole rings is 1. The van der Waals surface area contributed by atoms with Crippen molar-refractivity contribution in [1.29, 1.82) is 0 Å². The molecule has 0 N–H and O–H groups in total. The fourth-order valence-corrected chi connectivity index (χ4v) is 8.92. The molecule has 8 rings (SSSR count). The summed E-state index contributed by atoms with van der Waals surface area (Å²) in [6, 6.07) is 39.3. The molecule has 0 saturated heterocycles. The van der Waals surface area contributed by atoms with E-state index in [1.165, 1.54) is 0 Å². The van der Waals surface area contributed by atoms with Gasteiger partial charge in [-0.25, -0.2) is 4.98 Å². The second-order valence-electron chi connectivity index (χ2n) is 9.15. The second-order valence-corrected chi connectivity index (χ2v) is 11.8. The van der Waals surface area contributed by atoms with Gasteiger partial charge in [0.2, 0.25) is 0 Å². The molecule has 35 heavy (non-hydrogen) atoms. The summed E-state index contributed by atoms with van der Waals surface area (Å²) in [5.41, 5.74) is 6.25. The van der Waals surface area contributed by atoms with E-state index in [0.717, 1.165) is 65.4 Å². The van der Waals surface area contributed by atoms with Gasteiger partial charge in [0.1, 0.15) is 5.65 Å². The van der Waals surface area contributed by atoms with Crippen LogP contribution in [0.15, 0.2) is 115 Å². The van der Waals surface area contributed by atoms with Crippen LogP contribution in [0.4, 0.5) is 0 Å². The largest absolute Gasteiger partial charge is 0.309 e. The van der Waals surface area contributed by atoms with Crippen molar-refractivity contribution < 1.29 is 4.57 Å². The molecule has 3 heterocycles. The van der Waals surface area contributed by atoms with E-state index in [1.807, 2.05) is 42.5 Å². The topological polar surface area (TPSA) is 34.4 Å². The quantitative estimate of drug-likeness (QED) is 0.207. The molecule has 0 aliphatic carbocycles. The maximum Gasteiger partial charge on any atom is 0.172 e. The third-order valence-electron chi connectivity index (χ3n) is 7.38. The molecule has 0 saturated carbocycles. The molecule has 164 valence electrons. The molecule has 0 amide bonds. The van der Waals surface area contributed by atoms with Crippen LogP contribution in [0.1, 0.15) is 0 Å². The fourth-order valence-electron chi connectivity index (χ4n) is 5.85. The Bertz CT molecular complexity index is 2000. The van der Waals surface area contributed by atoms with Crippen molar-refractivity contribution in [2.45, 2.75) is 0 Å². The smallest absolute Gasteiger partial charge is 0.172 e. The zero-order valence-electron chi connectivity index (χ0n) is 18.7. The predicted octanol–water partition coefficient (Wildman–Crippen LogP) is 6.41. The van der Waals surface area contributed by atoms with Crippen LogP contribution in [0.2, 0.25) is 0 Å². The summed E-state index contributed by atoms with van der Waals surface area (Å²) in [5.74, 6) is 0. The first-order valence-electron chi connectivity index (χ1n) is 11.8. The van der Waals surface area contributed by atoms with Crippen molar-refractivity contribution >= 4 is 61.4 Å². The van der Waals surface area contributed by atoms with Gasteiger partial charge in [0.25, 0.3) is 0 Å². The number of rotatable bonds is 1. The van der Waals surface area contributed by atoms with Gasteiger partial charge in [-0.3, -0.25) is 4.40 Å².